The summed E-state index contributed by atoms with van der Waals surface area (Å²) in [5.41, 5.74) is 2.50. The second-order valence-electron chi connectivity index (χ2n) is 4.96. The van der Waals surface area contributed by atoms with Crippen LogP contribution in [0.3, 0.4) is 0 Å². The highest BCUT2D eigenvalue weighted by molar-refractivity contribution is 5.82. The van der Waals surface area contributed by atoms with E-state index in [-0.39, 0.29) is 11.9 Å². The van der Waals surface area contributed by atoms with Crippen molar-refractivity contribution < 1.29 is 4.79 Å². The van der Waals surface area contributed by atoms with Gasteiger partial charge in [-0.1, -0.05) is 24.3 Å². The molecule has 1 atom stereocenters. The zero-order valence-electron chi connectivity index (χ0n) is 11.3. The van der Waals surface area contributed by atoms with Crippen molar-refractivity contribution in [3.05, 3.63) is 47.5 Å². The van der Waals surface area contributed by atoms with Crippen LogP contribution >= 0.6 is 0 Å². The summed E-state index contributed by atoms with van der Waals surface area (Å²) in [6.45, 7) is 1.09. The smallest absolute Gasteiger partial charge is 0.237 e. The molecule has 1 aliphatic heterocycles. The largest absolute Gasteiger partial charge is 0.347 e. The third-order valence-electron chi connectivity index (χ3n) is 3.47. The number of amides is 1. The highest BCUT2D eigenvalue weighted by atomic mass is 16.2. The van der Waals surface area contributed by atoms with Gasteiger partial charge in [-0.3, -0.25) is 9.48 Å². The maximum atomic E-state index is 12.2. The lowest BCUT2D eigenvalue weighted by molar-refractivity contribution is -0.123. The first-order valence-corrected chi connectivity index (χ1v) is 6.65. The molecule has 0 aliphatic carbocycles. The standard InChI is InChI=1S/C14H17N5O/c1-19-9-17-13(18-19)8-16-14(20)12-6-10-4-2-3-5-11(10)7-15-12/h2-5,9,12,15H,6-8H2,1H3,(H,16,20)/t12-/m0/s1. The molecule has 1 amide bonds. The maximum absolute atomic E-state index is 12.2. The summed E-state index contributed by atoms with van der Waals surface area (Å²) in [5, 5.41) is 10.3. The van der Waals surface area contributed by atoms with Crippen molar-refractivity contribution in [1.82, 2.24) is 25.4 Å². The Hall–Kier alpha value is -2.21. The topological polar surface area (TPSA) is 71.8 Å². The second kappa shape index (κ2) is 5.42. The third-order valence-corrected chi connectivity index (χ3v) is 3.47. The summed E-state index contributed by atoms with van der Waals surface area (Å²) < 4.78 is 1.62. The molecule has 2 N–H and O–H groups in total. The first-order valence-electron chi connectivity index (χ1n) is 6.65. The summed E-state index contributed by atoms with van der Waals surface area (Å²) in [6, 6.07) is 8.02. The fraction of sp³-hybridized carbons (Fsp3) is 0.357. The molecular formula is C14H17N5O. The van der Waals surface area contributed by atoms with Gasteiger partial charge in [-0.15, -0.1) is 0 Å². The van der Waals surface area contributed by atoms with Crippen molar-refractivity contribution in [1.29, 1.82) is 0 Å². The Bertz CT molecular complexity index is 622. The van der Waals surface area contributed by atoms with Gasteiger partial charge >= 0.3 is 0 Å². The molecule has 1 aliphatic rings. The minimum atomic E-state index is -0.186. The molecule has 20 heavy (non-hydrogen) atoms. The van der Waals surface area contributed by atoms with Crippen LogP contribution < -0.4 is 10.6 Å². The van der Waals surface area contributed by atoms with Crippen molar-refractivity contribution >= 4 is 5.91 Å². The molecule has 1 aromatic carbocycles. The predicted molar refractivity (Wildman–Crippen MR) is 73.6 cm³/mol. The molecule has 0 saturated heterocycles. The van der Waals surface area contributed by atoms with Crippen molar-refractivity contribution in [2.45, 2.75) is 25.6 Å². The Morgan fingerprint density at radius 1 is 1.45 bits per heavy atom. The van der Waals surface area contributed by atoms with Gasteiger partial charge in [0.25, 0.3) is 0 Å². The lowest BCUT2D eigenvalue weighted by Gasteiger charge is -2.25. The van der Waals surface area contributed by atoms with E-state index in [4.69, 9.17) is 0 Å². The van der Waals surface area contributed by atoms with E-state index in [1.54, 1.807) is 18.1 Å². The first-order chi connectivity index (χ1) is 9.72. The fourth-order valence-corrected chi connectivity index (χ4v) is 2.39. The van der Waals surface area contributed by atoms with Crippen LogP contribution in [-0.2, 0) is 31.4 Å². The zero-order chi connectivity index (χ0) is 13.9. The number of benzene rings is 1. The van der Waals surface area contributed by atoms with Gasteiger partial charge in [0.2, 0.25) is 5.91 Å². The minimum Gasteiger partial charge on any atom is -0.347 e. The van der Waals surface area contributed by atoms with Crippen molar-refractivity contribution in [3.63, 3.8) is 0 Å². The Balaban J connectivity index is 1.59. The van der Waals surface area contributed by atoms with E-state index in [2.05, 4.69) is 32.8 Å². The van der Waals surface area contributed by atoms with Gasteiger partial charge in [0.1, 0.15) is 6.33 Å². The number of aromatic nitrogens is 3. The molecule has 2 aromatic rings. The lowest BCUT2D eigenvalue weighted by atomic mass is 9.95. The number of hydrogen-bond acceptors (Lipinski definition) is 4. The van der Waals surface area contributed by atoms with Gasteiger partial charge in [-0.05, 0) is 17.5 Å². The van der Waals surface area contributed by atoms with Crippen LogP contribution in [0, 0.1) is 0 Å². The summed E-state index contributed by atoms with van der Waals surface area (Å²) in [7, 11) is 1.80. The SMILES string of the molecule is Cn1cnc(CNC(=O)[C@@H]2Cc3ccccc3CN2)n1. The highest BCUT2D eigenvalue weighted by Gasteiger charge is 2.23. The lowest BCUT2D eigenvalue weighted by Crippen LogP contribution is -2.47. The van der Waals surface area contributed by atoms with Crippen LogP contribution in [0.5, 0.6) is 0 Å². The first kappa shape index (κ1) is 12.8. The fourth-order valence-electron chi connectivity index (χ4n) is 2.39. The summed E-state index contributed by atoms with van der Waals surface area (Å²) in [5.74, 6) is 0.615. The van der Waals surface area contributed by atoms with E-state index >= 15 is 0 Å². The Morgan fingerprint density at radius 2 is 2.25 bits per heavy atom. The molecule has 0 fully saturated rings. The van der Waals surface area contributed by atoms with Crippen LogP contribution in [0.25, 0.3) is 0 Å². The van der Waals surface area contributed by atoms with Crippen LogP contribution in [0.15, 0.2) is 30.6 Å². The molecule has 0 radical (unpaired) electrons. The summed E-state index contributed by atoms with van der Waals surface area (Å²) in [4.78, 5) is 16.2. The molecule has 2 heterocycles. The number of hydrogen-bond donors (Lipinski definition) is 2. The van der Waals surface area contributed by atoms with E-state index in [9.17, 15) is 4.79 Å². The van der Waals surface area contributed by atoms with Gasteiger partial charge in [0.15, 0.2) is 5.82 Å². The maximum Gasteiger partial charge on any atom is 0.237 e. The highest BCUT2D eigenvalue weighted by Crippen LogP contribution is 2.16. The van der Waals surface area contributed by atoms with E-state index in [1.165, 1.54) is 11.1 Å². The molecule has 104 valence electrons. The van der Waals surface area contributed by atoms with Crippen LogP contribution in [0.4, 0.5) is 0 Å². The molecule has 3 rings (SSSR count). The van der Waals surface area contributed by atoms with Crippen LogP contribution in [0.2, 0.25) is 0 Å². The van der Waals surface area contributed by atoms with Gasteiger partial charge in [0.05, 0.1) is 12.6 Å². The van der Waals surface area contributed by atoms with Crippen molar-refractivity contribution in [2.75, 3.05) is 0 Å². The average Bonchev–Trinajstić information content (AvgIpc) is 2.90. The number of rotatable bonds is 3. The Kier molecular flexibility index (Phi) is 3.47. The van der Waals surface area contributed by atoms with Crippen molar-refractivity contribution in [2.24, 2.45) is 7.05 Å². The van der Waals surface area contributed by atoms with E-state index in [0.29, 0.717) is 12.4 Å². The van der Waals surface area contributed by atoms with E-state index in [1.807, 2.05) is 12.1 Å². The normalized spacial score (nSPS) is 17.6. The monoisotopic (exact) mass is 271 g/mol. The number of carbonyl (C=O) groups is 1. The van der Waals surface area contributed by atoms with Crippen LogP contribution in [-0.4, -0.2) is 26.7 Å². The number of aryl methyl sites for hydroxylation is 1. The van der Waals surface area contributed by atoms with Gasteiger partial charge in [-0.25, -0.2) is 4.98 Å². The summed E-state index contributed by atoms with van der Waals surface area (Å²) in [6.07, 6.45) is 2.34. The van der Waals surface area contributed by atoms with Crippen molar-refractivity contribution in [3.8, 4) is 0 Å². The van der Waals surface area contributed by atoms with E-state index in [0.717, 1.165) is 13.0 Å². The Labute approximate surface area is 117 Å². The van der Waals surface area contributed by atoms with Gasteiger partial charge in [0, 0.05) is 13.6 Å². The molecule has 0 bridgehead atoms. The van der Waals surface area contributed by atoms with E-state index < -0.39 is 0 Å². The van der Waals surface area contributed by atoms with Crippen LogP contribution in [0.1, 0.15) is 17.0 Å². The van der Waals surface area contributed by atoms with Gasteiger partial charge in [-0.2, -0.15) is 5.10 Å². The third kappa shape index (κ3) is 2.70. The zero-order valence-corrected chi connectivity index (χ0v) is 11.3. The quantitative estimate of drug-likeness (QED) is 0.833. The second-order valence-corrected chi connectivity index (χ2v) is 4.96. The minimum absolute atomic E-state index is 0.00745. The molecule has 6 heteroatoms. The number of carbonyl (C=O) groups excluding carboxylic acids is 1. The predicted octanol–water partition coefficient (Wildman–Crippen LogP) is 0.146. The number of fused-ring (bicyclic) bond motifs is 1. The molecule has 0 saturated carbocycles. The number of nitrogens with one attached hydrogen (secondary N) is 2. The average molecular weight is 271 g/mol. The molecule has 0 spiro atoms. The molecular weight excluding hydrogens is 254 g/mol. The molecule has 1 aromatic heterocycles. The van der Waals surface area contributed by atoms with Gasteiger partial charge < -0.3 is 10.6 Å². The Morgan fingerprint density at radius 3 is 3.00 bits per heavy atom. The molecule has 6 nitrogen and oxygen atoms in total. The summed E-state index contributed by atoms with van der Waals surface area (Å²) >= 11 is 0. The molecule has 0 unspecified atom stereocenters. The number of nitrogens with zero attached hydrogens (tertiary/aromatic N) is 3.